The van der Waals surface area contributed by atoms with Crippen LogP contribution in [0.2, 0.25) is 0 Å². The van der Waals surface area contributed by atoms with Crippen molar-refractivity contribution in [2.75, 3.05) is 18.0 Å². The topological polar surface area (TPSA) is 73.2 Å². The SMILES string of the molecule is CCN(CC)C(=O)[C@]1(O)[C@H]2C=CC=CC2=NC(=O)N1c1ccccc1. The molecule has 0 saturated carbocycles. The van der Waals surface area contributed by atoms with E-state index >= 15 is 0 Å². The monoisotopic (exact) mass is 339 g/mol. The number of likely N-dealkylation sites (N-methyl/N-ethyl adjacent to an activating group) is 1. The van der Waals surface area contributed by atoms with Crippen LogP contribution in [-0.4, -0.2) is 46.5 Å². The number of urea groups is 1. The third kappa shape index (κ3) is 2.68. The van der Waals surface area contributed by atoms with Crippen LogP contribution in [0.3, 0.4) is 0 Å². The second-order valence-corrected chi connectivity index (χ2v) is 5.92. The molecular weight excluding hydrogens is 318 g/mol. The molecule has 6 nitrogen and oxygen atoms in total. The minimum Gasteiger partial charge on any atom is -0.362 e. The summed E-state index contributed by atoms with van der Waals surface area (Å²) < 4.78 is 0. The smallest absolute Gasteiger partial charge is 0.351 e. The van der Waals surface area contributed by atoms with E-state index in [4.69, 9.17) is 0 Å². The van der Waals surface area contributed by atoms with Crippen LogP contribution in [0.25, 0.3) is 0 Å². The van der Waals surface area contributed by atoms with Gasteiger partial charge in [0.1, 0.15) is 0 Å². The number of benzene rings is 1. The van der Waals surface area contributed by atoms with Crippen molar-refractivity contribution in [3.05, 3.63) is 54.6 Å². The average molecular weight is 339 g/mol. The molecule has 1 aliphatic heterocycles. The van der Waals surface area contributed by atoms with E-state index in [-0.39, 0.29) is 0 Å². The molecule has 1 N–H and O–H groups in total. The van der Waals surface area contributed by atoms with Crippen LogP contribution >= 0.6 is 0 Å². The molecule has 25 heavy (non-hydrogen) atoms. The van der Waals surface area contributed by atoms with Gasteiger partial charge in [0.25, 0.3) is 5.91 Å². The summed E-state index contributed by atoms with van der Waals surface area (Å²) in [7, 11) is 0. The number of hydrogen-bond acceptors (Lipinski definition) is 3. The number of rotatable bonds is 4. The first-order valence-electron chi connectivity index (χ1n) is 8.38. The number of hydrogen-bond donors (Lipinski definition) is 1. The summed E-state index contributed by atoms with van der Waals surface area (Å²) in [6.07, 6.45) is 6.86. The van der Waals surface area contributed by atoms with E-state index in [1.165, 1.54) is 4.90 Å². The maximum atomic E-state index is 13.2. The molecule has 0 radical (unpaired) electrons. The van der Waals surface area contributed by atoms with Gasteiger partial charge in [-0.3, -0.25) is 9.69 Å². The summed E-state index contributed by atoms with van der Waals surface area (Å²) >= 11 is 0. The Morgan fingerprint density at radius 1 is 1.24 bits per heavy atom. The lowest BCUT2D eigenvalue weighted by atomic mass is 9.83. The molecule has 0 spiro atoms. The first kappa shape index (κ1) is 17.1. The van der Waals surface area contributed by atoms with Crippen LogP contribution in [0.15, 0.2) is 59.6 Å². The number of nitrogens with zero attached hydrogens (tertiary/aromatic N) is 3. The quantitative estimate of drug-likeness (QED) is 0.915. The van der Waals surface area contributed by atoms with Gasteiger partial charge >= 0.3 is 6.03 Å². The molecule has 3 rings (SSSR count). The Balaban J connectivity index is 2.19. The molecule has 1 aromatic rings. The fourth-order valence-corrected chi connectivity index (χ4v) is 3.28. The fourth-order valence-electron chi connectivity index (χ4n) is 3.28. The highest BCUT2D eigenvalue weighted by Gasteiger charge is 2.56. The number of carbonyl (C=O) groups is 2. The van der Waals surface area contributed by atoms with Gasteiger partial charge in [-0.1, -0.05) is 36.4 Å². The predicted molar refractivity (Wildman–Crippen MR) is 96.4 cm³/mol. The number of carbonyl (C=O) groups excluding carboxylic acids is 2. The van der Waals surface area contributed by atoms with Crippen LogP contribution in [-0.2, 0) is 4.79 Å². The van der Waals surface area contributed by atoms with E-state index in [0.717, 1.165) is 4.90 Å². The Kier molecular flexibility index (Phi) is 4.55. The van der Waals surface area contributed by atoms with E-state index in [1.54, 1.807) is 54.6 Å². The summed E-state index contributed by atoms with van der Waals surface area (Å²) in [6.45, 7) is 4.56. The van der Waals surface area contributed by atoms with Gasteiger partial charge in [-0.2, -0.15) is 4.99 Å². The van der Waals surface area contributed by atoms with E-state index in [9.17, 15) is 14.7 Å². The second-order valence-electron chi connectivity index (χ2n) is 5.92. The highest BCUT2D eigenvalue weighted by Crippen LogP contribution is 2.37. The van der Waals surface area contributed by atoms with Crippen LogP contribution in [0, 0.1) is 5.92 Å². The lowest BCUT2D eigenvalue weighted by Gasteiger charge is -2.46. The summed E-state index contributed by atoms with van der Waals surface area (Å²) in [5.41, 5.74) is -1.23. The fraction of sp³-hybridized carbons (Fsp3) is 0.316. The molecule has 1 aromatic carbocycles. The Morgan fingerprint density at radius 3 is 2.56 bits per heavy atom. The largest absolute Gasteiger partial charge is 0.362 e. The predicted octanol–water partition coefficient (Wildman–Crippen LogP) is 2.37. The summed E-state index contributed by atoms with van der Waals surface area (Å²) in [5, 5.41) is 11.6. The molecule has 2 aliphatic rings. The van der Waals surface area contributed by atoms with E-state index in [0.29, 0.717) is 24.5 Å². The van der Waals surface area contributed by atoms with Crippen molar-refractivity contribution < 1.29 is 14.7 Å². The molecule has 0 unspecified atom stereocenters. The van der Waals surface area contributed by atoms with Crippen LogP contribution in [0.1, 0.15) is 13.8 Å². The van der Waals surface area contributed by atoms with Crippen molar-refractivity contribution in [1.82, 2.24) is 4.90 Å². The number of aliphatic imine (C=N–C) groups is 1. The molecule has 1 aliphatic carbocycles. The number of fused-ring (bicyclic) bond motifs is 1. The van der Waals surface area contributed by atoms with Crippen LogP contribution < -0.4 is 4.90 Å². The second kappa shape index (κ2) is 6.64. The molecule has 2 atom stereocenters. The summed E-state index contributed by atoms with van der Waals surface area (Å²) in [6, 6.07) is 8.02. The summed E-state index contributed by atoms with van der Waals surface area (Å²) in [5.74, 6) is -1.23. The zero-order valence-electron chi connectivity index (χ0n) is 14.3. The minimum absolute atomic E-state index is 0.391. The highest BCUT2D eigenvalue weighted by molar-refractivity contribution is 6.17. The Bertz CT molecular complexity index is 765. The molecule has 0 fully saturated rings. The van der Waals surface area contributed by atoms with E-state index < -0.39 is 23.6 Å². The zero-order chi connectivity index (χ0) is 18.0. The van der Waals surface area contributed by atoms with Crippen molar-refractivity contribution in [2.24, 2.45) is 10.9 Å². The number of anilines is 1. The van der Waals surface area contributed by atoms with Gasteiger partial charge in [-0.05, 0) is 32.1 Å². The van der Waals surface area contributed by atoms with Gasteiger partial charge in [0.2, 0.25) is 5.72 Å². The standard InChI is InChI=1S/C19H21N3O3/c1-3-21(4-2)17(23)19(25)15-12-8-9-13-16(15)20-18(24)22(19)14-10-6-5-7-11-14/h5-13,15,25H,3-4H2,1-2H3/t15-,19+/m0/s1. The average Bonchev–Trinajstić information content (AvgIpc) is 2.63. The normalized spacial score (nSPS) is 24.8. The van der Waals surface area contributed by atoms with Gasteiger partial charge in [0, 0.05) is 18.8 Å². The van der Waals surface area contributed by atoms with Crippen molar-refractivity contribution >= 4 is 23.3 Å². The maximum Gasteiger partial charge on any atom is 0.351 e. The first-order valence-corrected chi connectivity index (χ1v) is 8.38. The first-order chi connectivity index (χ1) is 12.0. The molecule has 3 amide bonds. The van der Waals surface area contributed by atoms with Crippen LogP contribution in [0.5, 0.6) is 0 Å². The van der Waals surface area contributed by atoms with Crippen molar-refractivity contribution in [2.45, 2.75) is 19.6 Å². The van der Waals surface area contributed by atoms with Gasteiger partial charge in [0.15, 0.2) is 0 Å². The molecule has 0 aromatic heterocycles. The minimum atomic E-state index is -2.05. The molecule has 130 valence electrons. The third-order valence-electron chi connectivity index (χ3n) is 4.57. The zero-order valence-corrected chi connectivity index (χ0v) is 14.3. The molecule has 6 heteroatoms. The van der Waals surface area contributed by atoms with Crippen molar-refractivity contribution in [3.8, 4) is 0 Å². The molecule has 1 heterocycles. The van der Waals surface area contributed by atoms with E-state index in [1.807, 2.05) is 13.8 Å². The lowest BCUT2D eigenvalue weighted by Crippen LogP contribution is -2.68. The Morgan fingerprint density at radius 2 is 1.92 bits per heavy atom. The van der Waals surface area contributed by atoms with Gasteiger partial charge < -0.3 is 10.0 Å². The molecule has 0 saturated heterocycles. The lowest BCUT2D eigenvalue weighted by molar-refractivity contribution is -0.152. The third-order valence-corrected chi connectivity index (χ3v) is 4.57. The van der Waals surface area contributed by atoms with E-state index in [2.05, 4.69) is 4.99 Å². The summed E-state index contributed by atoms with van der Waals surface area (Å²) in [4.78, 5) is 32.7. The Hall–Kier alpha value is -2.73. The molecule has 0 bridgehead atoms. The van der Waals surface area contributed by atoms with Crippen LogP contribution in [0.4, 0.5) is 10.5 Å². The number of allylic oxidation sites excluding steroid dienone is 3. The molecular formula is C19H21N3O3. The number of aliphatic hydroxyl groups is 1. The Labute approximate surface area is 146 Å². The maximum absolute atomic E-state index is 13.2. The van der Waals surface area contributed by atoms with Crippen molar-refractivity contribution in [1.29, 1.82) is 0 Å². The van der Waals surface area contributed by atoms with Gasteiger partial charge in [-0.15, -0.1) is 0 Å². The number of amides is 3. The van der Waals surface area contributed by atoms with Gasteiger partial charge in [-0.25, -0.2) is 4.79 Å². The number of para-hydroxylation sites is 1. The van der Waals surface area contributed by atoms with Gasteiger partial charge in [0.05, 0.1) is 11.6 Å². The highest BCUT2D eigenvalue weighted by atomic mass is 16.3. The van der Waals surface area contributed by atoms with Crippen molar-refractivity contribution in [3.63, 3.8) is 0 Å².